The molecule has 1 aliphatic rings. The highest BCUT2D eigenvalue weighted by atomic mass is 32.2. The number of hydrogen-bond acceptors (Lipinski definition) is 4. The SMILES string of the molecule is COC(=O)c1cccc(S(=O)(=O)N2CCCC2c2ccc(C)cc2)c1. The fourth-order valence-electron chi connectivity index (χ4n) is 3.19. The van der Waals surface area contributed by atoms with Gasteiger partial charge in [0.15, 0.2) is 0 Å². The smallest absolute Gasteiger partial charge is 0.337 e. The van der Waals surface area contributed by atoms with Crippen molar-refractivity contribution in [3.8, 4) is 0 Å². The summed E-state index contributed by atoms with van der Waals surface area (Å²) in [6.45, 7) is 2.48. The summed E-state index contributed by atoms with van der Waals surface area (Å²) in [5.74, 6) is -0.548. The van der Waals surface area contributed by atoms with Gasteiger partial charge in [-0.15, -0.1) is 0 Å². The molecule has 0 N–H and O–H groups in total. The Labute approximate surface area is 148 Å². The van der Waals surface area contributed by atoms with Gasteiger partial charge in [0.25, 0.3) is 0 Å². The molecule has 1 saturated heterocycles. The van der Waals surface area contributed by atoms with Crippen LogP contribution in [0.4, 0.5) is 0 Å². The highest BCUT2D eigenvalue weighted by molar-refractivity contribution is 7.89. The van der Waals surface area contributed by atoms with Gasteiger partial charge >= 0.3 is 5.97 Å². The summed E-state index contributed by atoms with van der Waals surface area (Å²) in [7, 11) is -2.41. The number of carbonyl (C=O) groups excluding carboxylic acids is 1. The number of aryl methyl sites for hydroxylation is 1. The van der Waals surface area contributed by atoms with Crippen LogP contribution in [0.25, 0.3) is 0 Å². The largest absolute Gasteiger partial charge is 0.465 e. The van der Waals surface area contributed by atoms with Gasteiger partial charge in [-0.25, -0.2) is 13.2 Å². The standard InChI is InChI=1S/C19H21NO4S/c1-14-8-10-15(11-9-14)18-7-4-12-20(18)25(22,23)17-6-3-5-16(13-17)19(21)24-2/h3,5-6,8-11,13,18H,4,7,12H2,1-2H3. The summed E-state index contributed by atoms with van der Waals surface area (Å²) in [6.07, 6.45) is 1.60. The van der Waals surface area contributed by atoms with Gasteiger partial charge in [0.05, 0.1) is 23.6 Å². The van der Waals surface area contributed by atoms with E-state index in [4.69, 9.17) is 0 Å². The van der Waals surface area contributed by atoms with E-state index in [1.165, 1.54) is 23.5 Å². The van der Waals surface area contributed by atoms with Crippen LogP contribution >= 0.6 is 0 Å². The lowest BCUT2D eigenvalue weighted by molar-refractivity contribution is 0.0600. The molecule has 2 aromatic rings. The molecule has 6 heteroatoms. The van der Waals surface area contributed by atoms with Gasteiger partial charge in [-0.2, -0.15) is 4.31 Å². The average molecular weight is 359 g/mol. The Morgan fingerprint density at radius 2 is 1.88 bits per heavy atom. The molecule has 25 heavy (non-hydrogen) atoms. The molecule has 0 aliphatic carbocycles. The molecule has 1 aliphatic heterocycles. The van der Waals surface area contributed by atoms with E-state index in [0.29, 0.717) is 6.54 Å². The van der Waals surface area contributed by atoms with Crippen molar-refractivity contribution in [3.05, 3.63) is 65.2 Å². The molecular weight excluding hydrogens is 338 g/mol. The third-order valence-corrected chi connectivity index (χ3v) is 6.43. The summed E-state index contributed by atoms with van der Waals surface area (Å²) in [5, 5.41) is 0. The molecule has 132 valence electrons. The van der Waals surface area contributed by atoms with Gasteiger partial charge in [-0.3, -0.25) is 0 Å². The zero-order valence-corrected chi connectivity index (χ0v) is 15.1. The van der Waals surface area contributed by atoms with Gasteiger partial charge in [0.1, 0.15) is 0 Å². The second-order valence-electron chi connectivity index (χ2n) is 6.20. The normalized spacial score (nSPS) is 18.2. The summed E-state index contributed by atoms with van der Waals surface area (Å²) in [4.78, 5) is 11.8. The van der Waals surface area contributed by atoms with Crippen LogP contribution in [0.2, 0.25) is 0 Å². The number of sulfonamides is 1. The first kappa shape index (κ1) is 17.6. The topological polar surface area (TPSA) is 63.7 Å². The summed E-state index contributed by atoms with van der Waals surface area (Å²) < 4.78 is 32.5. The summed E-state index contributed by atoms with van der Waals surface area (Å²) in [5.41, 5.74) is 2.37. The molecule has 0 amide bonds. The molecule has 5 nitrogen and oxygen atoms in total. The molecule has 0 bridgehead atoms. The number of methoxy groups -OCH3 is 1. The molecule has 3 rings (SSSR count). The number of ether oxygens (including phenoxy) is 1. The lowest BCUT2D eigenvalue weighted by Crippen LogP contribution is -2.30. The quantitative estimate of drug-likeness (QED) is 0.786. The van der Waals surface area contributed by atoms with E-state index < -0.39 is 16.0 Å². The fourth-order valence-corrected chi connectivity index (χ4v) is 4.92. The van der Waals surface area contributed by atoms with Crippen LogP contribution in [0.3, 0.4) is 0 Å². The maximum absolute atomic E-state index is 13.1. The Kier molecular flexibility index (Phi) is 4.92. The van der Waals surface area contributed by atoms with Crippen molar-refractivity contribution in [3.63, 3.8) is 0 Å². The molecular formula is C19H21NO4S. The number of carbonyl (C=O) groups is 1. The number of rotatable bonds is 4. The maximum atomic E-state index is 13.1. The van der Waals surface area contributed by atoms with Crippen LogP contribution in [-0.4, -0.2) is 32.3 Å². The fraction of sp³-hybridized carbons (Fsp3) is 0.316. The predicted octanol–water partition coefficient (Wildman–Crippen LogP) is 3.31. The molecule has 1 fully saturated rings. The second-order valence-corrected chi connectivity index (χ2v) is 8.09. The monoisotopic (exact) mass is 359 g/mol. The van der Waals surface area contributed by atoms with E-state index in [9.17, 15) is 13.2 Å². The van der Waals surface area contributed by atoms with Crippen LogP contribution in [0.1, 0.15) is 40.4 Å². The van der Waals surface area contributed by atoms with Crippen molar-refractivity contribution in [1.29, 1.82) is 0 Å². The Hall–Kier alpha value is -2.18. The van der Waals surface area contributed by atoms with E-state index in [1.54, 1.807) is 12.1 Å². The first-order valence-corrected chi connectivity index (χ1v) is 9.64. The summed E-state index contributed by atoms with van der Waals surface area (Å²) >= 11 is 0. The zero-order valence-electron chi connectivity index (χ0n) is 14.3. The van der Waals surface area contributed by atoms with Crippen molar-refractivity contribution < 1.29 is 17.9 Å². The second kappa shape index (κ2) is 6.98. The van der Waals surface area contributed by atoms with Crippen LogP contribution < -0.4 is 0 Å². The Morgan fingerprint density at radius 1 is 1.16 bits per heavy atom. The van der Waals surface area contributed by atoms with E-state index in [0.717, 1.165) is 24.0 Å². The third-order valence-electron chi connectivity index (χ3n) is 4.53. The van der Waals surface area contributed by atoms with Crippen molar-refractivity contribution in [2.24, 2.45) is 0 Å². The van der Waals surface area contributed by atoms with Crippen LogP contribution in [-0.2, 0) is 14.8 Å². The summed E-state index contributed by atoms with van der Waals surface area (Å²) in [6, 6.07) is 13.8. The highest BCUT2D eigenvalue weighted by Crippen LogP contribution is 2.36. The molecule has 2 aromatic carbocycles. The minimum atomic E-state index is -3.68. The van der Waals surface area contributed by atoms with Gasteiger partial charge in [0.2, 0.25) is 10.0 Å². The van der Waals surface area contributed by atoms with E-state index in [-0.39, 0.29) is 16.5 Å². The van der Waals surface area contributed by atoms with Crippen molar-refractivity contribution in [1.82, 2.24) is 4.31 Å². The van der Waals surface area contributed by atoms with Gasteiger partial charge in [-0.05, 0) is 43.5 Å². The molecule has 0 saturated carbocycles. The third kappa shape index (κ3) is 3.45. The zero-order chi connectivity index (χ0) is 18.0. The van der Waals surface area contributed by atoms with Crippen molar-refractivity contribution in [2.75, 3.05) is 13.7 Å². The minimum Gasteiger partial charge on any atom is -0.465 e. The Balaban J connectivity index is 1.96. The number of benzene rings is 2. The van der Waals surface area contributed by atoms with E-state index in [2.05, 4.69) is 4.74 Å². The number of nitrogens with zero attached hydrogens (tertiary/aromatic N) is 1. The average Bonchev–Trinajstić information content (AvgIpc) is 3.12. The number of esters is 1. The lowest BCUT2D eigenvalue weighted by atomic mass is 10.0. The predicted molar refractivity (Wildman–Crippen MR) is 94.8 cm³/mol. The Bertz CT molecular complexity index is 875. The van der Waals surface area contributed by atoms with Gasteiger partial charge in [0, 0.05) is 6.54 Å². The maximum Gasteiger partial charge on any atom is 0.337 e. The van der Waals surface area contributed by atoms with Gasteiger partial charge in [-0.1, -0.05) is 35.9 Å². The highest BCUT2D eigenvalue weighted by Gasteiger charge is 2.36. The molecule has 0 spiro atoms. The van der Waals surface area contributed by atoms with Crippen LogP contribution in [0, 0.1) is 6.92 Å². The molecule has 1 atom stereocenters. The minimum absolute atomic E-state index is 0.120. The molecule has 1 unspecified atom stereocenters. The van der Waals surface area contributed by atoms with Crippen molar-refractivity contribution >= 4 is 16.0 Å². The molecule has 1 heterocycles. The van der Waals surface area contributed by atoms with Gasteiger partial charge < -0.3 is 4.74 Å². The van der Waals surface area contributed by atoms with E-state index >= 15 is 0 Å². The lowest BCUT2D eigenvalue weighted by Gasteiger charge is -2.24. The van der Waals surface area contributed by atoms with Crippen LogP contribution in [0.15, 0.2) is 53.4 Å². The van der Waals surface area contributed by atoms with E-state index in [1.807, 2.05) is 31.2 Å². The first-order chi connectivity index (χ1) is 11.9. The molecule has 0 radical (unpaired) electrons. The number of hydrogen-bond donors (Lipinski definition) is 0. The Morgan fingerprint density at radius 3 is 2.56 bits per heavy atom. The van der Waals surface area contributed by atoms with Crippen LogP contribution in [0.5, 0.6) is 0 Å². The first-order valence-electron chi connectivity index (χ1n) is 8.20. The van der Waals surface area contributed by atoms with Crippen molar-refractivity contribution in [2.45, 2.75) is 30.7 Å². The molecule has 0 aromatic heterocycles.